The Morgan fingerprint density at radius 3 is 2.56 bits per heavy atom. The van der Waals surface area contributed by atoms with Gasteiger partial charge in [0.1, 0.15) is 0 Å². The summed E-state index contributed by atoms with van der Waals surface area (Å²) in [5.41, 5.74) is 3.04. The molecule has 25 heavy (non-hydrogen) atoms. The predicted molar refractivity (Wildman–Crippen MR) is 94.1 cm³/mol. The Kier molecular flexibility index (Phi) is 4.17. The molecule has 0 aliphatic carbocycles. The van der Waals surface area contributed by atoms with Crippen LogP contribution in [-0.2, 0) is 0 Å². The lowest BCUT2D eigenvalue weighted by molar-refractivity contribution is 0.174. The summed E-state index contributed by atoms with van der Waals surface area (Å²) in [4.78, 5) is 18.5. The third-order valence-corrected chi connectivity index (χ3v) is 4.92. The van der Waals surface area contributed by atoms with E-state index in [1.165, 1.54) is 5.56 Å². The Bertz CT molecular complexity index is 771. The Morgan fingerprint density at radius 1 is 1.16 bits per heavy atom. The summed E-state index contributed by atoms with van der Waals surface area (Å²) in [5, 5.41) is 3.01. The molecule has 3 heterocycles. The van der Waals surface area contributed by atoms with Crippen molar-refractivity contribution in [2.24, 2.45) is 0 Å². The molecule has 0 radical (unpaired) electrons. The fraction of sp³-hybridized carbons (Fsp3) is 0.368. The molecule has 1 saturated heterocycles. The number of likely N-dealkylation sites (tertiary alicyclic amines) is 1. The van der Waals surface area contributed by atoms with Crippen LogP contribution >= 0.6 is 0 Å². The number of nitrogens with one attached hydrogen (secondary N) is 1. The van der Waals surface area contributed by atoms with Gasteiger partial charge >= 0.3 is 6.03 Å². The topological polar surface area (TPSA) is 63.7 Å². The number of carbonyl (C=O) groups excluding carboxylic acids is 1. The SMILES string of the molecule is Cc1cc2c(cc1NC(=O)N1CCC(c3ccncc3)CC1)OCO2. The number of carbonyl (C=O) groups is 1. The van der Waals surface area contributed by atoms with Gasteiger partial charge in [0.05, 0.1) is 0 Å². The number of urea groups is 1. The molecule has 2 amide bonds. The minimum Gasteiger partial charge on any atom is -0.454 e. The lowest BCUT2D eigenvalue weighted by Crippen LogP contribution is -2.40. The van der Waals surface area contributed by atoms with Crippen LogP contribution in [0.25, 0.3) is 0 Å². The van der Waals surface area contributed by atoms with Crippen molar-refractivity contribution in [3.05, 3.63) is 47.8 Å². The monoisotopic (exact) mass is 339 g/mol. The number of aryl methyl sites for hydroxylation is 1. The quantitative estimate of drug-likeness (QED) is 0.909. The summed E-state index contributed by atoms with van der Waals surface area (Å²) >= 11 is 0. The maximum atomic E-state index is 12.6. The Labute approximate surface area is 146 Å². The van der Waals surface area contributed by atoms with E-state index in [0.29, 0.717) is 11.7 Å². The molecule has 6 nitrogen and oxygen atoms in total. The van der Waals surface area contributed by atoms with Gasteiger partial charge in [-0.15, -0.1) is 0 Å². The molecule has 1 aromatic carbocycles. The average Bonchev–Trinajstić information content (AvgIpc) is 3.10. The fourth-order valence-corrected chi connectivity index (χ4v) is 3.42. The van der Waals surface area contributed by atoms with Crippen molar-refractivity contribution in [1.82, 2.24) is 9.88 Å². The van der Waals surface area contributed by atoms with Gasteiger partial charge in [-0.2, -0.15) is 0 Å². The minimum absolute atomic E-state index is 0.0601. The molecule has 130 valence electrons. The van der Waals surface area contributed by atoms with Crippen LogP contribution in [0.15, 0.2) is 36.7 Å². The van der Waals surface area contributed by atoms with Crippen LogP contribution < -0.4 is 14.8 Å². The van der Waals surface area contributed by atoms with Crippen LogP contribution in [0.1, 0.15) is 29.9 Å². The largest absolute Gasteiger partial charge is 0.454 e. The fourth-order valence-electron chi connectivity index (χ4n) is 3.42. The predicted octanol–water partition coefficient (Wildman–Crippen LogP) is 3.53. The molecule has 1 aromatic heterocycles. The lowest BCUT2D eigenvalue weighted by atomic mass is 9.90. The van der Waals surface area contributed by atoms with Gasteiger partial charge in [0.25, 0.3) is 0 Å². The highest BCUT2D eigenvalue weighted by atomic mass is 16.7. The van der Waals surface area contributed by atoms with E-state index in [9.17, 15) is 4.79 Å². The molecule has 6 heteroatoms. The van der Waals surface area contributed by atoms with Crippen LogP contribution in [0.5, 0.6) is 11.5 Å². The van der Waals surface area contributed by atoms with E-state index in [1.807, 2.05) is 36.4 Å². The van der Waals surface area contributed by atoms with Gasteiger partial charge in [0.15, 0.2) is 11.5 Å². The minimum atomic E-state index is -0.0601. The van der Waals surface area contributed by atoms with Gasteiger partial charge < -0.3 is 19.7 Å². The van der Waals surface area contributed by atoms with Gasteiger partial charge in [-0.3, -0.25) is 4.98 Å². The summed E-state index contributed by atoms with van der Waals surface area (Å²) < 4.78 is 10.8. The molecule has 0 unspecified atom stereocenters. The molecule has 1 fully saturated rings. The second kappa shape index (κ2) is 6.63. The maximum absolute atomic E-state index is 12.6. The summed E-state index contributed by atoms with van der Waals surface area (Å²) in [5.74, 6) is 1.91. The smallest absolute Gasteiger partial charge is 0.321 e. The number of anilines is 1. The van der Waals surface area contributed by atoms with Crippen molar-refractivity contribution in [3.8, 4) is 11.5 Å². The van der Waals surface area contributed by atoms with Crippen molar-refractivity contribution in [3.63, 3.8) is 0 Å². The highest BCUT2D eigenvalue weighted by molar-refractivity contribution is 5.90. The number of ether oxygens (including phenoxy) is 2. The van der Waals surface area contributed by atoms with Crippen molar-refractivity contribution in [2.75, 3.05) is 25.2 Å². The molecular formula is C19H21N3O3. The number of nitrogens with zero attached hydrogens (tertiary/aromatic N) is 2. The van der Waals surface area contributed by atoms with Gasteiger partial charge in [0, 0.05) is 37.2 Å². The maximum Gasteiger partial charge on any atom is 0.321 e. The number of hydrogen-bond donors (Lipinski definition) is 1. The average molecular weight is 339 g/mol. The Hall–Kier alpha value is -2.76. The van der Waals surface area contributed by atoms with Crippen LogP contribution in [0.4, 0.5) is 10.5 Å². The molecule has 1 N–H and O–H groups in total. The summed E-state index contributed by atoms with van der Waals surface area (Å²) in [6.07, 6.45) is 5.60. The number of benzene rings is 1. The van der Waals surface area contributed by atoms with Gasteiger partial charge in [-0.05, 0) is 55.0 Å². The van der Waals surface area contributed by atoms with E-state index in [0.717, 1.165) is 42.9 Å². The number of aromatic nitrogens is 1. The lowest BCUT2D eigenvalue weighted by Gasteiger charge is -2.32. The second-order valence-electron chi connectivity index (χ2n) is 6.49. The highest BCUT2D eigenvalue weighted by Crippen LogP contribution is 2.37. The zero-order valence-corrected chi connectivity index (χ0v) is 14.2. The van der Waals surface area contributed by atoms with Crippen LogP contribution in [0, 0.1) is 6.92 Å². The summed E-state index contributed by atoms with van der Waals surface area (Å²) in [6.45, 7) is 3.69. The third kappa shape index (κ3) is 3.24. The van der Waals surface area contributed by atoms with Gasteiger partial charge in [0.2, 0.25) is 6.79 Å². The molecule has 2 aliphatic rings. The first-order valence-electron chi connectivity index (χ1n) is 8.57. The Morgan fingerprint density at radius 2 is 1.84 bits per heavy atom. The molecule has 0 saturated carbocycles. The molecular weight excluding hydrogens is 318 g/mol. The normalized spacial score (nSPS) is 16.8. The van der Waals surface area contributed by atoms with Crippen molar-refractivity contribution in [2.45, 2.75) is 25.7 Å². The highest BCUT2D eigenvalue weighted by Gasteiger charge is 2.25. The molecule has 2 aromatic rings. The van der Waals surface area contributed by atoms with E-state index in [2.05, 4.69) is 22.4 Å². The van der Waals surface area contributed by atoms with E-state index in [-0.39, 0.29) is 12.8 Å². The third-order valence-electron chi connectivity index (χ3n) is 4.92. The van der Waals surface area contributed by atoms with E-state index in [4.69, 9.17) is 9.47 Å². The first-order chi connectivity index (χ1) is 12.2. The van der Waals surface area contributed by atoms with E-state index in [1.54, 1.807) is 0 Å². The van der Waals surface area contributed by atoms with Crippen molar-refractivity contribution < 1.29 is 14.3 Å². The number of amides is 2. The van der Waals surface area contributed by atoms with Gasteiger partial charge in [-0.1, -0.05) is 0 Å². The molecule has 4 rings (SSSR count). The first kappa shape index (κ1) is 15.7. The zero-order chi connectivity index (χ0) is 17.2. The number of piperidine rings is 1. The van der Waals surface area contributed by atoms with E-state index < -0.39 is 0 Å². The van der Waals surface area contributed by atoms with Crippen LogP contribution in [0.3, 0.4) is 0 Å². The number of fused-ring (bicyclic) bond motifs is 1. The first-order valence-corrected chi connectivity index (χ1v) is 8.57. The van der Waals surface area contributed by atoms with Crippen LogP contribution in [0.2, 0.25) is 0 Å². The summed E-state index contributed by atoms with van der Waals surface area (Å²) in [7, 11) is 0. The molecule has 0 bridgehead atoms. The van der Waals surface area contributed by atoms with Crippen molar-refractivity contribution in [1.29, 1.82) is 0 Å². The van der Waals surface area contributed by atoms with Crippen LogP contribution in [-0.4, -0.2) is 35.8 Å². The van der Waals surface area contributed by atoms with Crippen molar-refractivity contribution >= 4 is 11.7 Å². The standard InChI is InChI=1S/C19H21N3O3/c1-13-10-17-18(25-12-24-17)11-16(13)21-19(23)22-8-4-15(5-9-22)14-2-6-20-7-3-14/h2-3,6-7,10-11,15H,4-5,8-9,12H2,1H3,(H,21,23). The van der Waals surface area contributed by atoms with E-state index >= 15 is 0 Å². The number of hydrogen-bond acceptors (Lipinski definition) is 4. The molecule has 2 aliphatic heterocycles. The van der Waals surface area contributed by atoms with Gasteiger partial charge in [-0.25, -0.2) is 4.79 Å². The molecule has 0 spiro atoms. The molecule has 0 atom stereocenters. The summed E-state index contributed by atoms with van der Waals surface area (Å²) in [6, 6.07) is 7.80. The number of rotatable bonds is 2. The zero-order valence-electron chi connectivity index (χ0n) is 14.2. The Balaban J connectivity index is 1.38. The second-order valence-corrected chi connectivity index (χ2v) is 6.49. The number of pyridine rings is 1.